The maximum absolute atomic E-state index is 12.9. The Balaban J connectivity index is 2.85. The number of carbonyl (C=O) groups excluding carboxylic acids is 1. The van der Waals surface area contributed by atoms with Gasteiger partial charge in [-0.25, -0.2) is 0 Å². The summed E-state index contributed by atoms with van der Waals surface area (Å²) in [5, 5.41) is 0. The lowest BCUT2D eigenvalue weighted by atomic mass is 9.94. The van der Waals surface area contributed by atoms with Crippen molar-refractivity contribution in [2.24, 2.45) is 0 Å². The van der Waals surface area contributed by atoms with Gasteiger partial charge in [-0.3, -0.25) is 4.79 Å². The largest absolute Gasteiger partial charge is 0.469 e. The van der Waals surface area contributed by atoms with Crippen LogP contribution in [0.4, 0.5) is 13.2 Å². The first-order valence-electron chi connectivity index (χ1n) is 5.23. The quantitative estimate of drug-likeness (QED) is 0.781. The van der Waals surface area contributed by atoms with Crippen LogP contribution in [0.1, 0.15) is 24.3 Å². The number of carbonyl (C=O) groups is 1. The van der Waals surface area contributed by atoms with E-state index in [2.05, 4.69) is 20.7 Å². The molecule has 0 aliphatic carbocycles. The molecule has 1 atom stereocenters. The monoisotopic (exact) mass is 324 g/mol. The molecule has 0 N–H and O–H groups in total. The average molecular weight is 325 g/mol. The Morgan fingerprint density at radius 1 is 1.33 bits per heavy atom. The van der Waals surface area contributed by atoms with E-state index >= 15 is 0 Å². The van der Waals surface area contributed by atoms with Crippen molar-refractivity contribution in [1.29, 1.82) is 0 Å². The van der Waals surface area contributed by atoms with Gasteiger partial charge in [0.2, 0.25) is 0 Å². The van der Waals surface area contributed by atoms with Gasteiger partial charge in [-0.1, -0.05) is 28.1 Å². The normalized spacial score (nSPS) is 13.2. The third-order valence-corrected chi connectivity index (χ3v) is 3.06. The number of alkyl halides is 3. The van der Waals surface area contributed by atoms with Gasteiger partial charge >= 0.3 is 12.1 Å². The molecule has 0 fully saturated rings. The Morgan fingerprint density at radius 2 is 1.89 bits per heavy atom. The van der Waals surface area contributed by atoms with E-state index in [0.29, 0.717) is 4.47 Å². The molecule has 0 spiro atoms. The van der Waals surface area contributed by atoms with E-state index in [4.69, 9.17) is 0 Å². The van der Waals surface area contributed by atoms with Crippen molar-refractivity contribution >= 4 is 21.9 Å². The molecule has 0 aliphatic heterocycles. The maximum Gasteiger partial charge on any atom is 0.395 e. The first-order valence-corrected chi connectivity index (χ1v) is 6.03. The van der Waals surface area contributed by atoms with E-state index in [1.807, 2.05) is 0 Å². The predicted octanol–water partition coefficient (Wildman–Crippen LogP) is 4.05. The van der Waals surface area contributed by atoms with Crippen LogP contribution in [0.5, 0.6) is 0 Å². The molecule has 2 nitrogen and oxygen atoms in total. The molecular weight excluding hydrogens is 313 g/mol. The van der Waals surface area contributed by atoms with E-state index in [1.54, 1.807) is 12.1 Å². The van der Waals surface area contributed by atoms with Crippen LogP contribution in [-0.2, 0) is 9.53 Å². The molecule has 6 heteroatoms. The number of halogens is 4. The number of rotatable bonds is 4. The Morgan fingerprint density at radius 3 is 2.33 bits per heavy atom. The highest BCUT2D eigenvalue weighted by Gasteiger charge is 2.40. The summed E-state index contributed by atoms with van der Waals surface area (Å²) in [7, 11) is 1.16. The second-order valence-electron chi connectivity index (χ2n) is 3.76. The standard InChI is InChI=1S/C12H12BrF3O2/c1-18-11(17)7-6-10(12(14,15)16)8-2-4-9(13)5-3-8/h2-5,10H,6-7H2,1H3. The molecule has 0 saturated heterocycles. The molecule has 0 saturated carbocycles. The van der Waals surface area contributed by atoms with Crippen LogP contribution in [0.3, 0.4) is 0 Å². The van der Waals surface area contributed by atoms with Gasteiger partial charge in [-0.2, -0.15) is 13.2 Å². The molecule has 1 aromatic carbocycles. The highest BCUT2D eigenvalue weighted by atomic mass is 79.9. The van der Waals surface area contributed by atoms with Gasteiger partial charge in [0.1, 0.15) is 0 Å². The summed E-state index contributed by atoms with van der Waals surface area (Å²) in [6.07, 6.45) is -4.93. The first kappa shape index (κ1) is 15.0. The van der Waals surface area contributed by atoms with Crippen molar-refractivity contribution in [2.45, 2.75) is 24.9 Å². The molecule has 1 rings (SSSR count). The van der Waals surface area contributed by atoms with Crippen molar-refractivity contribution in [3.05, 3.63) is 34.3 Å². The van der Waals surface area contributed by atoms with Crippen molar-refractivity contribution < 1.29 is 22.7 Å². The van der Waals surface area contributed by atoms with Crippen LogP contribution in [-0.4, -0.2) is 19.3 Å². The SMILES string of the molecule is COC(=O)CCC(c1ccc(Br)cc1)C(F)(F)F. The minimum absolute atomic E-state index is 0.148. The fourth-order valence-corrected chi connectivity index (χ4v) is 1.84. The number of methoxy groups -OCH3 is 1. The number of benzene rings is 1. The third kappa shape index (κ3) is 4.33. The van der Waals surface area contributed by atoms with Crippen molar-refractivity contribution in [3.63, 3.8) is 0 Å². The zero-order valence-corrected chi connectivity index (χ0v) is 11.2. The molecule has 0 heterocycles. The van der Waals surface area contributed by atoms with Gasteiger partial charge < -0.3 is 4.74 Å². The highest BCUT2D eigenvalue weighted by Crippen LogP contribution is 2.38. The van der Waals surface area contributed by atoms with Crippen molar-refractivity contribution in [3.8, 4) is 0 Å². The molecular formula is C12H12BrF3O2. The van der Waals surface area contributed by atoms with E-state index in [1.165, 1.54) is 12.1 Å². The Bertz CT molecular complexity index is 401. The fourth-order valence-electron chi connectivity index (χ4n) is 1.58. The minimum atomic E-state index is -4.37. The topological polar surface area (TPSA) is 26.3 Å². The predicted molar refractivity (Wildman–Crippen MR) is 64.2 cm³/mol. The molecule has 0 radical (unpaired) electrons. The smallest absolute Gasteiger partial charge is 0.395 e. The summed E-state index contributed by atoms with van der Waals surface area (Å²) >= 11 is 3.16. The zero-order chi connectivity index (χ0) is 13.8. The number of esters is 1. The lowest BCUT2D eigenvalue weighted by Gasteiger charge is -2.20. The summed E-state index contributed by atoms with van der Waals surface area (Å²) in [6, 6.07) is 5.90. The zero-order valence-electron chi connectivity index (χ0n) is 9.63. The van der Waals surface area contributed by atoms with E-state index in [0.717, 1.165) is 7.11 Å². The molecule has 100 valence electrons. The fraction of sp³-hybridized carbons (Fsp3) is 0.417. The minimum Gasteiger partial charge on any atom is -0.469 e. The van der Waals surface area contributed by atoms with Gasteiger partial charge in [0.05, 0.1) is 13.0 Å². The van der Waals surface area contributed by atoms with Gasteiger partial charge in [0.25, 0.3) is 0 Å². The van der Waals surface area contributed by atoms with Gasteiger partial charge in [0, 0.05) is 10.9 Å². The van der Waals surface area contributed by atoms with Crippen LogP contribution in [0.2, 0.25) is 0 Å². The summed E-state index contributed by atoms with van der Waals surface area (Å²) in [5.74, 6) is -2.29. The Labute approximate surface area is 111 Å². The maximum atomic E-state index is 12.9. The summed E-state index contributed by atoms with van der Waals surface area (Å²) in [5.41, 5.74) is 0.148. The van der Waals surface area contributed by atoms with Crippen LogP contribution >= 0.6 is 15.9 Å². The molecule has 0 aromatic heterocycles. The second kappa shape index (κ2) is 6.22. The Hall–Kier alpha value is -1.04. The number of ether oxygens (including phenoxy) is 1. The van der Waals surface area contributed by atoms with Crippen LogP contribution in [0.25, 0.3) is 0 Å². The molecule has 1 unspecified atom stereocenters. The molecule has 0 aliphatic rings. The van der Waals surface area contributed by atoms with Crippen LogP contribution in [0.15, 0.2) is 28.7 Å². The lowest BCUT2D eigenvalue weighted by Crippen LogP contribution is -2.22. The third-order valence-electron chi connectivity index (χ3n) is 2.53. The lowest BCUT2D eigenvalue weighted by molar-refractivity contribution is -0.155. The summed E-state index contributed by atoms with van der Waals surface area (Å²) in [6.45, 7) is 0. The van der Waals surface area contributed by atoms with Crippen LogP contribution in [0, 0.1) is 0 Å². The van der Waals surface area contributed by atoms with Crippen molar-refractivity contribution in [1.82, 2.24) is 0 Å². The second-order valence-corrected chi connectivity index (χ2v) is 4.68. The number of hydrogen-bond acceptors (Lipinski definition) is 2. The van der Waals surface area contributed by atoms with Gasteiger partial charge in [-0.15, -0.1) is 0 Å². The molecule has 0 bridgehead atoms. The van der Waals surface area contributed by atoms with Crippen LogP contribution < -0.4 is 0 Å². The van der Waals surface area contributed by atoms with Gasteiger partial charge in [0.15, 0.2) is 0 Å². The van der Waals surface area contributed by atoms with Gasteiger partial charge in [-0.05, 0) is 24.1 Å². The number of hydrogen-bond donors (Lipinski definition) is 0. The van der Waals surface area contributed by atoms with E-state index in [9.17, 15) is 18.0 Å². The first-order chi connectivity index (χ1) is 8.34. The average Bonchev–Trinajstić information content (AvgIpc) is 2.29. The summed E-state index contributed by atoms with van der Waals surface area (Å²) in [4.78, 5) is 10.9. The Kier molecular flexibility index (Phi) is 5.19. The highest BCUT2D eigenvalue weighted by molar-refractivity contribution is 9.10. The van der Waals surface area contributed by atoms with Crippen molar-refractivity contribution in [2.75, 3.05) is 7.11 Å². The van der Waals surface area contributed by atoms with E-state index < -0.39 is 18.1 Å². The molecule has 18 heavy (non-hydrogen) atoms. The molecule has 0 amide bonds. The van der Waals surface area contributed by atoms with E-state index in [-0.39, 0.29) is 18.4 Å². The molecule has 1 aromatic rings. The summed E-state index contributed by atoms with van der Waals surface area (Å²) < 4.78 is 43.8.